The zero-order valence-corrected chi connectivity index (χ0v) is 17.1. The van der Waals surface area contributed by atoms with Gasteiger partial charge in [0.25, 0.3) is 0 Å². The van der Waals surface area contributed by atoms with Gasteiger partial charge in [-0.15, -0.1) is 0 Å². The summed E-state index contributed by atoms with van der Waals surface area (Å²) in [4.78, 5) is 19.4. The first-order valence-corrected chi connectivity index (χ1v) is 10.9. The number of rotatable bonds is 5. The third-order valence-electron chi connectivity index (χ3n) is 8.06. The minimum Gasteiger partial charge on any atom is -0.462 e. The standard InChI is InChI=1S/C23H32N2O3/c1-22-8-5-9-23(15-27-23)20(22)12-17-18(21(26)28-19(17)13-22)14-25(2)11-7-16-6-3-4-10-24-16/h3-4,6,10,17-20H,5,7-9,11-15H2,1-2H3/t17-,18-,19-,20+,22-,23+/m1/s1. The molecule has 0 unspecified atom stereocenters. The topological polar surface area (TPSA) is 55.0 Å². The number of carbonyl (C=O) groups is 1. The molecule has 5 nitrogen and oxygen atoms in total. The second-order valence-electron chi connectivity index (χ2n) is 9.93. The molecule has 2 aliphatic carbocycles. The van der Waals surface area contributed by atoms with Crippen LogP contribution in [0.3, 0.4) is 0 Å². The Hall–Kier alpha value is -1.46. The van der Waals surface area contributed by atoms with Crippen molar-refractivity contribution in [3.05, 3.63) is 30.1 Å². The highest BCUT2D eigenvalue weighted by molar-refractivity contribution is 5.75. The van der Waals surface area contributed by atoms with Gasteiger partial charge in [-0.3, -0.25) is 9.78 Å². The van der Waals surface area contributed by atoms with E-state index >= 15 is 0 Å². The van der Waals surface area contributed by atoms with Crippen LogP contribution in [0.5, 0.6) is 0 Å². The van der Waals surface area contributed by atoms with E-state index in [1.807, 2.05) is 18.3 Å². The number of fused-ring (bicyclic) bond motifs is 3. The summed E-state index contributed by atoms with van der Waals surface area (Å²) >= 11 is 0. The summed E-state index contributed by atoms with van der Waals surface area (Å²) in [5.74, 6) is 0.960. The van der Waals surface area contributed by atoms with E-state index in [4.69, 9.17) is 9.47 Å². The summed E-state index contributed by atoms with van der Waals surface area (Å²) in [6.45, 7) is 5.03. The maximum Gasteiger partial charge on any atom is 0.310 e. The van der Waals surface area contributed by atoms with Crippen LogP contribution in [0.25, 0.3) is 0 Å². The SMILES string of the molecule is CN(CCc1ccccn1)C[C@H]1C(=O)O[C@@H]2C[C@@]3(C)CCC[C@]4(CO4)[C@H]3C[C@@H]21. The molecule has 0 amide bonds. The van der Waals surface area contributed by atoms with Crippen LogP contribution in [0, 0.1) is 23.2 Å². The first-order valence-electron chi connectivity index (χ1n) is 10.9. The number of likely N-dealkylation sites (N-methyl/N-ethyl adjacent to an activating group) is 1. The molecule has 152 valence electrons. The van der Waals surface area contributed by atoms with Crippen LogP contribution in [0.2, 0.25) is 0 Å². The summed E-state index contributed by atoms with van der Waals surface area (Å²) in [6.07, 6.45) is 8.67. The van der Waals surface area contributed by atoms with Crippen molar-refractivity contribution in [2.75, 3.05) is 26.7 Å². The summed E-state index contributed by atoms with van der Waals surface area (Å²) in [5, 5.41) is 0. The Kier molecular flexibility index (Phi) is 4.51. The molecule has 4 fully saturated rings. The van der Waals surface area contributed by atoms with Crippen molar-refractivity contribution < 1.29 is 14.3 Å². The zero-order chi connectivity index (χ0) is 19.4. The van der Waals surface area contributed by atoms with Gasteiger partial charge in [0.1, 0.15) is 6.10 Å². The lowest BCUT2D eigenvalue weighted by Gasteiger charge is -2.51. The highest BCUT2D eigenvalue weighted by Crippen LogP contribution is 2.62. The number of aromatic nitrogens is 1. The van der Waals surface area contributed by atoms with Gasteiger partial charge < -0.3 is 14.4 Å². The van der Waals surface area contributed by atoms with Crippen molar-refractivity contribution in [3.63, 3.8) is 0 Å². The van der Waals surface area contributed by atoms with Crippen LogP contribution in [-0.4, -0.2) is 54.3 Å². The van der Waals surface area contributed by atoms with Gasteiger partial charge in [-0.05, 0) is 62.6 Å². The smallest absolute Gasteiger partial charge is 0.310 e. The van der Waals surface area contributed by atoms with E-state index in [9.17, 15) is 4.79 Å². The van der Waals surface area contributed by atoms with Crippen LogP contribution in [0.4, 0.5) is 0 Å². The Morgan fingerprint density at radius 3 is 2.93 bits per heavy atom. The monoisotopic (exact) mass is 384 g/mol. The van der Waals surface area contributed by atoms with Crippen LogP contribution < -0.4 is 0 Å². The molecule has 0 radical (unpaired) electrons. The summed E-state index contributed by atoms with van der Waals surface area (Å²) in [5.41, 5.74) is 1.50. The van der Waals surface area contributed by atoms with Gasteiger partial charge >= 0.3 is 5.97 Å². The molecule has 4 aliphatic rings. The zero-order valence-electron chi connectivity index (χ0n) is 17.1. The lowest BCUT2D eigenvalue weighted by molar-refractivity contribution is -0.147. The molecule has 1 aromatic heterocycles. The molecule has 1 spiro atoms. The van der Waals surface area contributed by atoms with E-state index < -0.39 is 0 Å². The fraction of sp³-hybridized carbons (Fsp3) is 0.739. The first-order chi connectivity index (χ1) is 13.5. The number of nitrogens with zero attached hydrogens (tertiary/aromatic N) is 2. The number of pyridine rings is 1. The summed E-state index contributed by atoms with van der Waals surface area (Å²) < 4.78 is 11.9. The van der Waals surface area contributed by atoms with Gasteiger partial charge in [-0.2, -0.15) is 0 Å². The van der Waals surface area contributed by atoms with E-state index in [-0.39, 0.29) is 29.0 Å². The predicted octanol–water partition coefficient (Wildman–Crippen LogP) is 3.08. The molecule has 2 saturated carbocycles. The Morgan fingerprint density at radius 1 is 1.32 bits per heavy atom. The third-order valence-corrected chi connectivity index (χ3v) is 8.06. The van der Waals surface area contributed by atoms with Gasteiger partial charge in [-0.1, -0.05) is 13.0 Å². The summed E-state index contributed by atoms with van der Waals surface area (Å²) in [6, 6.07) is 6.04. The number of epoxide rings is 1. The van der Waals surface area contributed by atoms with Gasteiger partial charge in [0, 0.05) is 37.3 Å². The van der Waals surface area contributed by atoms with Gasteiger partial charge in [0.2, 0.25) is 0 Å². The highest BCUT2D eigenvalue weighted by atomic mass is 16.6. The molecular weight excluding hydrogens is 352 g/mol. The second-order valence-corrected chi connectivity index (χ2v) is 9.93. The van der Waals surface area contributed by atoms with Crippen LogP contribution in [0.1, 0.15) is 44.7 Å². The van der Waals surface area contributed by atoms with Crippen molar-refractivity contribution in [1.82, 2.24) is 9.88 Å². The Balaban J connectivity index is 1.25. The Morgan fingerprint density at radius 2 is 2.18 bits per heavy atom. The van der Waals surface area contributed by atoms with Crippen molar-refractivity contribution in [2.45, 2.75) is 57.2 Å². The molecule has 0 aromatic carbocycles. The highest BCUT2D eigenvalue weighted by Gasteiger charge is 2.65. The lowest BCUT2D eigenvalue weighted by Crippen LogP contribution is -2.51. The van der Waals surface area contributed by atoms with Crippen molar-refractivity contribution >= 4 is 5.97 Å². The quantitative estimate of drug-likeness (QED) is 0.577. The number of ether oxygens (including phenoxy) is 2. The Labute approximate surface area is 167 Å². The minimum atomic E-state index is 0.000934. The van der Waals surface area contributed by atoms with E-state index in [0.717, 1.165) is 44.7 Å². The van der Waals surface area contributed by atoms with Crippen LogP contribution in [-0.2, 0) is 20.7 Å². The Bertz CT molecular complexity index is 735. The normalized spacial score (nSPS) is 41.6. The van der Waals surface area contributed by atoms with Crippen molar-refractivity contribution in [1.29, 1.82) is 0 Å². The number of hydrogen-bond donors (Lipinski definition) is 0. The van der Waals surface area contributed by atoms with Crippen molar-refractivity contribution in [3.8, 4) is 0 Å². The van der Waals surface area contributed by atoms with Crippen molar-refractivity contribution in [2.24, 2.45) is 23.2 Å². The average Bonchev–Trinajstić information content (AvgIpc) is 3.38. The van der Waals surface area contributed by atoms with Crippen LogP contribution in [0.15, 0.2) is 24.4 Å². The maximum absolute atomic E-state index is 12.7. The average molecular weight is 385 g/mol. The van der Waals surface area contributed by atoms with Gasteiger partial charge in [-0.25, -0.2) is 0 Å². The minimum absolute atomic E-state index is 0.000934. The van der Waals surface area contributed by atoms with E-state index in [0.29, 0.717) is 11.8 Å². The lowest BCUT2D eigenvalue weighted by atomic mass is 9.53. The molecule has 6 atom stereocenters. The second kappa shape index (κ2) is 6.81. The molecule has 5 rings (SSSR count). The molecular formula is C23H32N2O3. The molecule has 0 N–H and O–H groups in total. The third kappa shape index (κ3) is 3.17. The number of carbonyl (C=O) groups excluding carboxylic acids is 1. The molecule has 28 heavy (non-hydrogen) atoms. The number of esters is 1. The predicted molar refractivity (Wildman–Crippen MR) is 106 cm³/mol. The van der Waals surface area contributed by atoms with E-state index in [1.165, 1.54) is 19.3 Å². The first kappa shape index (κ1) is 18.6. The molecule has 2 saturated heterocycles. The van der Waals surface area contributed by atoms with Gasteiger partial charge in [0.05, 0.1) is 18.1 Å². The maximum atomic E-state index is 12.7. The molecule has 5 heteroatoms. The molecule has 2 aliphatic heterocycles. The van der Waals surface area contributed by atoms with Crippen LogP contribution >= 0.6 is 0 Å². The van der Waals surface area contributed by atoms with E-state index in [2.05, 4.69) is 29.9 Å². The van der Waals surface area contributed by atoms with E-state index in [1.54, 1.807) is 0 Å². The molecule has 3 heterocycles. The summed E-state index contributed by atoms with van der Waals surface area (Å²) in [7, 11) is 2.11. The largest absolute Gasteiger partial charge is 0.462 e. The fourth-order valence-electron chi connectivity index (χ4n) is 6.44. The molecule has 1 aromatic rings. The number of hydrogen-bond acceptors (Lipinski definition) is 5. The van der Waals surface area contributed by atoms with Gasteiger partial charge in [0.15, 0.2) is 0 Å². The fourth-order valence-corrected chi connectivity index (χ4v) is 6.44. The molecule has 0 bridgehead atoms.